The van der Waals surface area contributed by atoms with Gasteiger partial charge in [0.05, 0.1) is 16.8 Å². The number of nitrogens with zero attached hydrogens (tertiary/aromatic N) is 1. The van der Waals surface area contributed by atoms with Gasteiger partial charge in [-0.05, 0) is 18.6 Å². The zero-order valence-electron chi connectivity index (χ0n) is 10.00. The summed E-state index contributed by atoms with van der Waals surface area (Å²) in [6.07, 6.45) is -4.34. The van der Waals surface area contributed by atoms with E-state index in [0.717, 1.165) is 4.90 Å². The van der Waals surface area contributed by atoms with Gasteiger partial charge in [0.15, 0.2) is 5.82 Å². The lowest BCUT2D eigenvalue weighted by Crippen LogP contribution is -2.26. The molecular formula is C12H9F4NO3. The Morgan fingerprint density at radius 3 is 2.40 bits per heavy atom. The average Bonchev–Trinajstić information content (AvgIpc) is 2.73. The fourth-order valence-electron chi connectivity index (χ4n) is 2.03. The second-order valence-electron chi connectivity index (χ2n) is 4.31. The number of hydrogen-bond donors (Lipinski definition) is 1. The van der Waals surface area contributed by atoms with Gasteiger partial charge in [-0.15, -0.1) is 0 Å². The first-order valence-corrected chi connectivity index (χ1v) is 5.66. The normalized spacial score (nSPS) is 15.8. The number of carboxylic acid groups (broad SMARTS) is 1. The highest BCUT2D eigenvalue weighted by Gasteiger charge is 2.35. The molecule has 0 aromatic heterocycles. The molecule has 1 aromatic rings. The minimum absolute atomic E-state index is 0.0656. The van der Waals surface area contributed by atoms with Gasteiger partial charge in [-0.25, -0.2) is 9.18 Å². The Bertz CT molecular complexity index is 583. The molecule has 0 radical (unpaired) electrons. The van der Waals surface area contributed by atoms with Crippen LogP contribution in [0.2, 0.25) is 0 Å². The van der Waals surface area contributed by atoms with Gasteiger partial charge >= 0.3 is 12.1 Å². The van der Waals surface area contributed by atoms with E-state index < -0.39 is 40.7 Å². The number of rotatable bonds is 2. The van der Waals surface area contributed by atoms with Gasteiger partial charge in [0.1, 0.15) is 0 Å². The molecule has 1 amide bonds. The molecule has 20 heavy (non-hydrogen) atoms. The standard InChI is InChI=1S/C12H9F4NO3/c13-10-7(11(19)20)4-6(12(14,15)16)5-8(10)17-3-1-2-9(17)18/h4-5H,1-3H2,(H,19,20). The molecule has 1 aromatic carbocycles. The topological polar surface area (TPSA) is 57.6 Å². The highest BCUT2D eigenvalue weighted by molar-refractivity contribution is 5.97. The number of carbonyl (C=O) groups excluding carboxylic acids is 1. The lowest BCUT2D eigenvalue weighted by atomic mass is 10.1. The Balaban J connectivity index is 2.63. The second-order valence-corrected chi connectivity index (χ2v) is 4.31. The van der Waals surface area contributed by atoms with E-state index in [-0.39, 0.29) is 19.0 Å². The molecule has 0 atom stereocenters. The number of carbonyl (C=O) groups is 2. The molecule has 0 bridgehead atoms. The van der Waals surface area contributed by atoms with Gasteiger partial charge in [0.2, 0.25) is 5.91 Å². The van der Waals surface area contributed by atoms with Crippen LogP contribution >= 0.6 is 0 Å². The molecule has 4 nitrogen and oxygen atoms in total. The third-order valence-electron chi connectivity index (χ3n) is 2.98. The monoisotopic (exact) mass is 291 g/mol. The number of alkyl halides is 3. The Labute approximate surface area is 110 Å². The molecule has 0 aliphatic carbocycles. The summed E-state index contributed by atoms with van der Waals surface area (Å²) in [6.45, 7) is 0.0656. The van der Waals surface area contributed by atoms with E-state index in [0.29, 0.717) is 12.5 Å². The van der Waals surface area contributed by atoms with Crippen molar-refractivity contribution in [3.63, 3.8) is 0 Å². The van der Waals surface area contributed by atoms with Crippen LogP contribution in [0, 0.1) is 5.82 Å². The van der Waals surface area contributed by atoms with E-state index in [9.17, 15) is 27.2 Å². The summed E-state index contributed by atoms with van der Waals surface area (Å²) in [5, 5.41) is 8.78. The van der Waals surface area contributed by atoms with Crippen LogP contribution in [-0.4, -0.2) is 23.5 Å². The van der Waals surface area contributed by atoms with Crippen LogP contribution in [0.4, 0.5) is 23.2 Å². The summed E-state index contributed by atoms with van der Waals surface area (Å²) in [5.41, 5.74) is -3.04. The molecule has 1 N–H and O–H groups in total. The third-order valence-corrected chi connectivity index (χ3v) is 2.98. The van der Waals surface area contributed by atoms with E-state index in [1.54, 1.807) is 0 Å². The molecule has 0 spiro atoms. The third kappa shape index (κ3) is 2.45. The molecule has 108 valence electrons. The molecule has 0 saturated carbocycles. The summed E-state index contributed by atoms with van der Waals surface area (Å²) in [5.74, 6) is -3.68. The van der Waals surface area contributed by atoms with E-state index in [4.69, 9.17) is 5.11 Å². The van der Waals surface area contributed by atoms with Crippen LogP contribution in [0.1, 0.15) is 28.8 Å². The smallest absolute Gasteiger partial charge is 0.416 e. The number of benzene rings is 1. The summed E-state index contributed by atoms with van der Waals surface area (Å²) >= 11 is 0. The predicted octanol–water partition coefficient (Wildman–Crippen LogP) is 2.67. The van der Waals surface area contributed by atoms with Crippen molar-refractivity contribution in [3.8, 4) is 0 Å². The van der Waals surface area contributed by atoms with Crippen molar-refractivity contribution in [2.24, 2.45) is 0 Å². The van der Waals surface area contributed by atoms with Crippen molar-refractivity contribution >= 4 is 17.6 Å². The van der Waals surface area contributed by atoms with Gasteiger partial charge in [0, 0.05) is 13.0 Å². The summed E-state index contributed by atoms with van der Waals surface area (Å²) in [4.78, 5) is 23.2. The fraction of sp³-hybridized carbons (Fsp3) is 0.333. The molecule has 1 aliphatic rings. The summed E-state index contributed by atoms with van der Waals surface area (Å²) in [6, 6.07) is 0.687. The maximum absolute atomic E-state index is 14.0. The number of carboxylic acids is 1. The van der Waals surface area contributed by atoms with E-state index in [2.05, 4.69) is 0 Å². The molecule has 8 heteroatoms. The number of hydrogen-bond acceptors (Lipinski definition) is 2. The highest BCUT2D eigenvalue weighted by Crippen LogP contribution is 2.36. The lowest BCUT2D eigenvalue weighted by Gasteiger charge is -2.19. The number of anilines is 1. The Morgan fingerprint density at radius 1 is 1.30 bits per heavy atom. The molecule has 1 saturated heterocycles. The number of halogens is 4. The minimum atomic E-state index is -4.82. The second kappa shape index (κ2) is 4.77. The van der Waals surface area contributed by atoms with E-state index >= 15 is 0 Å². The predicted molar refractivity (Wildman–Crippen MR) is 59.9 cm³/mol. The first kappa shape index (κ1) is 14.3. The van der Waals surface area contributed by atoms with Crippen molar-refractivity contribution in [2.45, 2.75) is 19.0 Å². The number of aromatic carboxylic acids is 1. The lowest BCUT2D eigenvalue weighted by molar-refractivity contribution is -0.137. The highest BCUT2D eigenvalue weighted by atomic mass is 19.4. The molecule has 1 aliphatic heterocycles. The Morgan fingerprint density at radius 2 is 1.95 bits per heavy atom. The SMILES string of the molecule is O=C(O)c1cc(C(F)(F)F)cc(N2CCCC2=O)c1F. The van der Waals surface area contributed by atoms with Crippen LogP contribution in [0.15, 0.2) is 12.1 Å². The van der Waals surface area contributed by atoms with Gasteiger partial charge in [-0.3, -0.25) is 4.79 Å². The largest absolute Gasteiger partial charge is 0.478 e. The van der Waals surface area contributed by atoms with Gasteiger partial charge in [-0.2, -0.15) is 13.2 Å². The maximum Gasteiger partial charge on any atom is 0.416 e. The van der Waals surface area contributed by atoms with Crippen molar-refractivity contribution in [2.75, 3.05) is 11.4 Å². The van der Waals surface area contributed by atoms with Gasteiger partial charge in [0.25, 0.3) is 0 Å². The number of amides is 1. The summed E-state index contributed by atoms with van der Waals surface area (Å²) in [7, 11) is 0. The van der Waals surface area contributed by atoms with E-state index in [1.807, 2.05) is 0 Å². The van der Waals surface area contributed by atoms with Crippen molar-refractivity contribution in [1.82, 2.24) is 0 Å². The summed E-state index contributed by atoms with van der Waals surface area (Å²) < 4.78 is 52.1. The van der Waals surface area contributed by atoms with Crippen molar-refractivity contribution in [3.05, 3.63) is 29.1 Å². The van der Waals surface area contributed by atoms with Crippen molar-refractivity contribution in [1.29, 1.82) is 0 Å². The van der Waals surface area contributed by atoms with Gasteiger partial charge in [-0.1, -0.05) is 0 Å². The zero-order valence-corrected chi connectivity index (χ0v) is 10.00. The first-order valence-electron chi connectivity index (χ1n) is 5.66. The van der Waals surface area contributed by atoms with Crippen LogP contribution < -0.4 is 4.90 Å². The van der Waals surface area contributed by atoms with E-state index in [1.165, 1.54) is 0 Å². The van der Waals surface area contributed by atoms with Crippen LogP contribution in [0.3, 0.4) is 0 Å². The zero-order chi connectivity index (χ0) is 15.1. The van der Waals surface area contributed by atoms with Crippen LogP contribution in [0.5, 0.6) is 0 Å². The molecule has 0 unspecified atom stereocenters. The minimum Gasteiger partial charge on any atom is -0.478 e. The van der Waals surface area contributed by atoms with Crippen molar-refractivity contribution < 1.29 is 32.3 Å². The molecular weight excluding hydrogens is 282 g/mol. The fourth-order valence-corrected chi connectivity index (χ4v) is 2.03. The molecule has 1 fully saturated rings. The molecule has 1 heterocycles. The Hall–Kier alpha value is -2.12. The van der Waals surface area contributed by atoms with Crippen LogP contribution in [0.25, 0.3) is 0 Å². The van der Waals surface area contributed by atoms with Crippen LogP contribution in [-0.2, 0) is 11.0 Å². The van der Waals surface area contributed by atoms with Gasteiger partial charge < -0.3 is 10.0 Å². The Kier molecular flexibility index (Phi) is 3.41. The maximum atomic E-state index is 14.0. The first-order chi connectivity index (χ1) is 9.21. The molecule has 2 rings (SSSR count). The quantitative estimate of drug-likeness (QED) is 0.852. The average molecular weight is 291 g/mol.